The van der Waals surface area contributed by atoms with E-state index in [4.69, 9.17) is 0 Å². The first-order chi connectivity index (χ1) is 5.33. The highest BCUT2D eigenvalue weighted by atomic mass is 15.1. The molecule has 1 aliphatic heterocycles. The van der Waals surface area contributed by atoms with Crippen LogP contribution in [0.1, 0.15) is 26.2 Å². The SMILES string of the molecule is C=CCCN1CCC[C@H](C)C1. The lowest BCUT2D eigenvalue weighted by molar-refractivity contribution is 0.187. The van der Waals surface area contributed by atoms with Crippen LogP contribution in [0.2, 0.25) is 0 Å². The van der Waals surface area contributed by atoms with Crippen LogP contribution in [0.4, 0.5) is 0 Å². The Morgan fingerprint density at radius 3 is 3.09 bits per heavy atom. The highest BCUT2D eigenvalue weighted by Gasteiger charge is 2.14. The van der Waals surface area contributed by atoms with Crippen LogP contribution in [-0.2, 0) is 0 Å². The van der Waals surface area contributed by atoms with E-state index >= 15 is 0 Å². The van der Waals surface area contributed by atoms with Gasteiger partial charge in [-0.05, 0) is 31.7 Å². The number of rotatable bonds is 3. The van der Waals surface area contributed by atoms with Crippen molar-refractivity contribution in [2.45, 2.75) is 26.2 Å². The highest BCUT2D eigenvalue weighted by molar-refractivity contribution is 4.74. The molecule has 0 aliphatic carbocycles. The number of hydrogen-bond acceptors (Lipinski definition) is 1. The molecule has 1 fully saturated rings. The lowest BCUT2D eigenvalue weighted by Crippen LogP contribution is -2.34. The maximum Gasteiger partial charge on any atom is 0.00159 e. The summed E-state index contributed by atoms with van der Waals surface area (Å²) in [6, 6.07) is 0. The van der Waals surface area contributed by atoms with Crippen molar-refractivity contribution in [3.05, 3.63) is 12.7 Å². The molecule has 1 nitrogen and oxygen atoms in total. The summed E-state index contributed by atoms with van der Waals surface area (Å²) < 4.78 is 0. The average Bonchev–Trinajstić information content (AvgIpc) is 2.01. The van der Waals surface area contributed by atoms with E-state index in [1.165, 1.54) is 32.5 Å². The van der Waals surface area contributed by atoms with Gasteiger partial charge in [-0.1, -0.05) is 13.0 Å². The number of piperidine rings is 1. The Morgan fingerprint density at radius 1 is 1.64 bits per heavy atom. The molecule has 0 bridgehead atoms. The van der Waals surface area contributed by atoms with Gasteiger partial charge in [0.1, 0.15) is 0 Å². The molecule has 0 saturated carbocycles. The van der Waals surface area contributed by atoms with Crippen molar-refractivity contribution in [3.8, 4) is 0 Å². The molecule has 0 aromatic carbocycles. The molecular formula is C10H19N. The van der Waals surface area contributed by atoms with Gasteiger partial charge >= 0.3 is 0 Å². The van der Waals surface area contributed by atoms with E-state index < -0.39 is 0 Å². The molecule has 1 atom stereocenters. The van der Waals surface area contributed by atoms with E-state index in [1.54, 1.807) is 0 Å². The summed E-state index contributed by atoms with van der Waals surface area (Å²) in [6.45, 7) is 9.90. The van der Waals surface area contributed by atoms with E-state index in [0.717, 1.165) is 12.3 Å². The summed E-state index contributed by atoms with van der Waals surface area (Å²) in [5, 5.41) is 0. The molecule has 0 radical (unpaired) electrons. The first-order valence-electron chi connectivity index (χ1n) is 4.66. The minimum atomic E-state index is 0.911. The predicted octanol–water partition coefficient (Wildman–Crippen LogP) is 2.29. The molecule has 0 spiro atoms. The fourth-order valence-electron chi connectivity index (χ4n) is 1.76. The molecule has 0 aromatic rings. The highest BCUT2D eigenvalue weighted by Crippen LogP contribution is 2.15. The summed E-state index contributed by atoms with van der Waals surface area (Å²) in [4.78, 5) is 2.55. The average molecular weight is 153 g/mol. The van der Waals surface area contributed by atoms with Gasteiger partial charge < -0.3 is 4.90 Å². The van der Waals surface area contributed by atoms with Gasteiger partial charge in [-0.2, -0.15) is 0 Å². The second kappa shape index (κ2) is 4.55. The standard InChI is InChI=1S/C10H19N/c1-3-4-7-11-8-5-6-10(2)9-11/h3,10H,1,4-9H2,2H3/t10-/m0/s1. The van der Waals surface area contributed by atoms with Crippen LogP contribution in [0.5, 0.6) is 0 Å². The van der Waals surface area contributed by atoms with Gasteiger partial charge in [0.2, 0.25) is 0 Å². The van der Waals surface area contributed by atoms with Crippen LogP contribution in [-0.4, -0.2) is 24.5 Å². The maximum atomic E-state index is 3.74. The van der Waals surface area contributed by atoms with Crippen LogP contribution in [0.15, 0.2) is 12.7 Å². The van der Waals surface area contributed by atoms with E-state index in [2.05, 4.69) is 18.4 Å². The molecule has 64 valence electrons. The third-order valence-corrected chi connectivity index (χ3v) is 2.39. The van der Waals surface area contributed by atoms with Crippen molar-refractivity contribution in [1.82, 2.24) is 4.90 Å². The molecule has 1 heteroatoms. The molecule has 0 amide bonds. The van der Waals surface area contributed by atoms with Crippen LogP contribution >= 0.6 is 0 Å². The Hall–Kier alpha value is -0.300. The molecule has 1 saturated heterocycles. The third-order valence-electron chi connectivity index (χ3n) is 2.39. The molecule has 0 N–H and O–H groups in total. The Balaban J connectivity index is 2.17. The van der Waals surface area contributed by atoms with Crippen molar-refractivity contribution >= 4 is 0 Å². The lowest BCUT2D eigenvalue weighted by Gasteiger charge is -2.30. The van der Waals surface area contributed by atoms with E-state index in [0.29, 0.717) is 0 Å². The molecule has 0 aromatic heterocycles. The van der Waals surface area contributed by atoms with Gasteiger partial charge in [-0.3, -0.25) is 0 Å². The fourth-order valence-corrected chi connectivity index (χ4v) is 1.76. The number of nitrogens with zero attached hydrogens (tertiary/aromatic N) is 1. The smallest absolute Gasteiger partial charge is 0.00159 e. The molecular weight excluding hydrogens is 134 g/mol. The Kier molecular flexibility index (Phi) is 3.64. The molecule has 1 heterocycles. The van der Waals surface area contributed by atoms with Gasteiger partial charge in [-0.15, -0.1) is 6.58 Å². The van der Waals surface area contributed by atoms with Gasteiger partial charge in [-0.25, -0.2) is 0 Å². The predicted molar refractivity (Wildman–Crippen MR) is 49.7 cm³/mol. The Labute approximate surface area is 70.1 Å². The molecule has 1 aliphatic rings. The number of hydrogen-bond donors (Lipinski definition) is 0. The van der Waals surface area contributed by atoms with Crippen molar-refractivity contribution in [2.75, 3.05) is 19.6 Å². The minimum absolute atomic E-state index is 0.911. The van der Waals surface area contributed by atoms with Gasteiger partial charge in [0, 0.05) is 13.1 Å². The Bertz CT molecular complexity index is 120. The maximum absolute atomic E-state index is 3.74. The van der Waals surface area contributed by atoms with Gasteiger partial charge in [0.05, 0.1) is 0 Å². The molecule has 1 rings (SSSR count). The quantitative estimate of drug-likeness (QED) is 0.562. The zero-order valence-corrected chi connectivity index (χ0v) is 7.55. The van der Waals surface area contributed by atoms with Gasteiger partial charge in [0.15, 0.2) is 0 Å². The zero-order valence-electron chi connectivity index (χ0n) is 7.55. The van der Waals surface area contributed by atoms with Crippen molar-refractivity contribution < 1.29 is 0 Å². The lowest BCUT2D eigenvalue weighted by atomic mass is 10.0. The van der Waals surface area contributed by atoms with E-state index in [1.807, 2.05) is 6.08 Å². The molecule has 11 heavy (non-hydrogen) atoms. The van der Waals surface area contributed by atoms with Crippen molar-refractivity contribution in [1.29, 1.82) is 0 Å². The summed E-state index contributed by atoms with van der Waals surface area (Å²) in [5.41, 5.74) is 0. The van der Waals surface area contributed by atoms with Gasteiger partial charge in [0.25, 0.3) is 0 Å². The Morgan fingerprint density at radius 2 is 2.45 bits per heavy atom. The van der Waals surface area contributed by atoms with Crippen molar-refractivity contribution in [2.24, 2.45) is 5.92 Å². The van der Waals surface area contributed by atoms with E-state index in [-0.39, 0.29) is 0 Å². The van der Waals surface area contributed by atoms with E-state index in [9.17, 15) is 0 Å². The van der Waals surface area contributed by atoms with Crippen LogP contribution in [0.25, 0.3) is 0 Å². The van der Waals surface area contributed by atoms with Crippen LogP contribution in [0.3, 0.4) is 0 Å². The second-order valence-corrected chi connectivity index (χ2v) is 3.63. The largest absolute Gasteiger partial charge is 0.303 e. The fraction of sp³-hybridized carbons (Fsp3) is 0.800. The summed E-state index contributed by atoms with van der Waals surface area (Å²) in [5.74, 6) is 0.911. The summed E-state index contributed by atoms with van der Waals surface area (Å²) in [7, 11) is 0. The zero-order chi connectivity index (χ0) is 8.10. The normalized spacial score (nSPS) is 26.8. The summed E-state index contributed by atoms with van der Waals surface area (Å²) >= 11 is 0. The van der Waals surface area contributed by atoms with Crippen molar-refractivity contribution in [3.63, 3.8) is 0 Å². The van der Waals surface area contributed by atoms with Crippen LogP contribution in [0, 0.1) is 5.92 Å². The van der Waals surface area contributed by atoms with Crippen LogP contribution < -0.4 is 0 Å². The number of likely N-dealkylation sites (tertiary alicyclic amines) is 1. The second-order valence-electron chi connectivity index (χ2n) is 3.63. The summed E-state index contributed by atoms with van der Waals surface area (Å²) in [6.07, 6.45) is 5.97. The topological polar surface area (TPSA) is 3.24 Å². The molecule has 0 unspecified atom stereocenters. The minimum Gasteiger partial charge on any atom is -0.303 e. The third kappa shape index (κ3) is 3.06. The monoisotopic (exact) mass is 153 g/mol. The first-order valence-corrected chi connectivity index (χ1v) is 4.66. The first kappa shape index (κ1) is 8.79.